The Bertz CT molecular complexity index is 679. The van der Waals surface area contributed by atoms with E-state index in [0.29, 0.717) is 5.92 Å². The van der Waals surface area contributed by atoms with E-state index in [2.05, 4.69) is 35.8 Å². The molecule has 1 atom stereocenters. The summed E-state index contributed by atoms with van der Waals surface area (Å²) in [6.45, 7) is 11.7. The van der Waals surface area contributed by atoms with E-state index in [0.717, 1.165) is 44.7 Å². The highest BCUT2D eigenvalue weighted by Crippen LogP contribution is 2.37. The fraction of sp³-hybridized carbons (Fsp3) is 0.615. The fourth-order valence-corrected chi connectivity index (χ4v) is 4.59. The molecule has 1 unspecified atom stereocenters. The standard InChI is InChI=1S/C24H36N2O.C2H6/c1-4-7-21(27-3)16-18(2)22-10-11-24-20(8-5-14-26-24)17-19-12-15-25-13-6-9-23(19)22;1-2/h4,7,16-18,25-26H,5-6,8-15H2,1-3H3;1-2H3/b7-4-,19-17-,21-16+,23-22+;. The van der Waals surface area contributed by atoms with Gasteiger partial charge >= 0.3 is 0 Å². The van der Waals surface area contributed by atoms with Gasteiger partial charge in [-0.25, -0.2) is 0 Å². The number of methoxy groups -OCH3 is 1. The maximum absolute atomic E-state index is 5.58. The molecule has 0 bridgehead atoms. The zero-order valence-corrected chi connectivity index (χ0v) is 19.4. The quantitative estimate of drug-likeness (QED) is 0.438. The molecule has 0 radical (unpaired) electrons. The van der Waals surface area contributed by atoms with Gasteiger partial charge in [-0.1, -0.05) is 38.5 Å². The van der Waals surface area contributed by atoms with Gasteiger partial charge in [0.1, 0.15) is 5.76 Å². The summed E-state index contributed by atoms with van der Waals surface area (Å²) in [4.78, 5) is 0. The van der Waals surface area contributed by atoms with Gasteiger partial charge in [0.2, 0.25) is 0 Å². The first-order chi connectivity index (χ1) is 14.2. The van der Waals surface area contributed by atoms with E-state index in [-0.39, 0.29) is 0 Å². The number of allylic oxidation sites excluding steroid dienone is 8. The van der Waals surface area contributed by atoms with Crippen LogP contribution in [0.4, 0.5) is 0 Å². The lowest BCUT2D eigenvalue weighted by Crippen LogP contribution is -2.25. The normalized spacial score (nSPS) is 26.2. The SMILES string of the molecule is C/C=C\C(=C/C(C)/C1=C2\CCCNCC\C2=C\C2=C(CC1)NCCC2)OC.CC. The number of hydrogen-bond donors (Lipinski definition) is 2. The topological polar surface area (TPSA) is 33.3 Å². The Morgan fingerprint density at radius 3 is 2.59 bits per heavy atom. The summed E-state index contributed by atoms with van der Waals surface area (Å²) in [5.41, 5.74) is 7.85. The first-order valence-corrected chi connectivity index (χ1v) is 11.7. The molecule has 1 saturated heterocycles. The minimum Gasteiger partial charge on any atom is -0.497 e. The van der Waals surface area contributed by atoms with Crippen molar-refractivity contribution in [2.24, 2.45) is 5.92 Å². The molecule has 0 amide bonds. The largest absolute Gasteiger partial charge is 0.497 e. The monoisotopic (exact) mass is 398 g/mol. The van der Waals surface area contributed by atoms with Gasteiger partial charge in [0, 0.05) is 12.2 Å². The van der Waals surface area contributed by atoms with E-state index in [9.17, 15) is 0 Å². The summed E-state index contributed by atoms with van der Waals surface area (Å²) < 4.78 is 5.58. The molecule has 29 heavy (non-hydrogen) atoms. The van der Waals surface area contributed by atoms with Gasteiger partial charge in [0.15, 0.2) is 0 Å². The van der Waals surface area contributed by atoms with Gasteiger partial charge in [0.05, 0.1) is 7.11 Å². The Balaban J connectivity index is 0.00000145. The molecule has 162 valence electrons. The summed E-state index contributed by atoms with van der Waals surface area (Å²) in [6.07, 6.45) is 17.3. The second kappa shape index (κ2) is 12.7. The molecular formula is C26H42N2O. The molecule has 0 saturated carbocycles. The minimum absolute atomic E-state index is 0.396. The van der Waals surface area contributed by atoms with E-state index in [1.54, 1.807) is 29.4 Å². The van der Waals surface area contributed by atoms with Gasteiger partial charge < -0.3 is 15.4 Å². The maximum Gasteiger partial charge on any atom is 0.115 e. The van der Waals surface area contributed by atoms with Crippen molar-refractivity contribution in [3.8, 4) is 0 Å². The molecule has 2 aliphatic heterocycles. The molecule has 3 nitrogen and oxygen atoms in total. The van der Waals surface area contributed by atoms with Gasteiger partial charge in [0.25, 0.3) is 0 Å². The van der Waals surface area contributed by atoms with Crippen LogP contribution in [0.5, 0.6) is 0 Å². The van der Waals surface area contributed by atoms with Gasteiger partial charge in [-0.05, 0) is 99.7 Å². The molecule has 2 heterocycles. The van der Waals surface area contributed by atoms with E-state index >= 15 is 0 Å². The Labute approximate surface area is 179 Å². The molecule has 1 fully saturated rings. The van der Waals surface area contributed by atoms with E-state index < -0.39 is 0 Å². The summed E-state index contributed by atoms with van der Waals surface area (Å²) in [5, 5.41) is 7.28. The molecule has 3 rings (SSSR count). The Morgan fingerprint density at radius 1 is 1.03 bits per heavy atom. The zero-order valence-electron chi connectivity index (χ0n) is 19.4. The van der Waals surface area contributed by atoms with Crippen molar-refractivity contribution >= 4 is 0 Å². The molecule has 0 aromatic carbocycles. The highest BCUT2D eigenvalue weighted by atomic mass is 16.5. The van der Waals surface area contributed by atoms with Crippen LogP contribution >= 0.6 is 0 Å². The van der Waals surface area contributed by atoms with Crippen LogP contribution in [0.15, 0.2) is 58.1 Å². The predicted molar refractivity (Wildman–Crippen MR) is 126 cm³/mol. The predicted octanol–water partition coefficient (Wildman–Crippen LogP) is 6.18. The van der Waals surface area contributed by atoms with Gasteiger partial charge in [-0.2, -0.15) is 0 Å². The van der Waals surface area contributed by atoms with Gasteiger partial charge in [-0.15, -0.1) is 0 Å². The number of fused-ring (bicyclic) bond motifs is 1. The summed E-state index contributed by atoms with van der Waals surface area (Å²) in [6, 6.07) is 0. The molecule has 0 aromatic rings. The molecule has 0 spiro atoms. The van der Waals surface area contributed by atoms with Crippen molar-refractivity contribution in [2.45, 2.75) is 72.6 Å². The lowest BCUT2D eigenvalue weighted by atomic mass is 9.80. The fourth-order valence-electron chi connectivity index (χ4n) is 4.59. The van der Waals surface area contributed by atoms with Crippen molar-refractivity contribution < 1.29 is 4.74 Å². The molecule has 1 aliphatic carbocycles. The van der Waals surface area contributed by atoms with E-state index in [1.807, 2.05) is 26.8 Å². The van der Waals surface area contributed by atoms with E-state index in [1.165, 1.54) is 31.4 Å². The average Bonchev–Trinajstić information content (AvgIpc) is 2.72. The van der Waals surface area contributed by atoms with Crippen LogP contribution in [0, 0.1) is 5.92 Å². The van der Waals surface area contributed by atoms with Crippen LogP contribution in [0.3, 0.4) is 0 Å². The van der Waals surface area contributed by atoms with Crippen LogP contribution in [0.25, 0.3) is 0 Å². The Morgan fingerprint density at radius 2 is 1.83 bits per heavy atom. The van der Waals surface area contributed by atoms with Crippen LogP contribution in [0.1, 0.15) is 72.6 Å². The third-order valence-corrected chi connectivity index (χ3v) is 6.00. The smallest absolute Gasteiger partial charge is 0.115 e. The molecule has 3 aliphatic rings. The van der Waals surface area contributed by atoms with Crippen molar-refractivity contribution in [2.75, 3.05) is 26.7 Å². The van der Waals surface area contributed by atoms with Crippen molar-refractivity contribution in [1.29, 1.82) is 0 Å². The number of rotatable bonds is 4. The number of nitrogens with one attached hydrogen (secondary N) is 2. The van der Waals surface area contributed by atoms with Crippen molar-refractivity contribution in [3.05, 3.63) is 58.1 Å². The van der Waals surface area contributed by atoms with Gasteiger partial charge in [-0.3, -0.25) is 0 Å². The number of hydrogen-bond acceptors (Lipinski definition) is 3. The molecular weight excluding hydrogens is 356 g/mol. The highest BCUT2D eigenvalue weighted by Gasteiger charge is 2.22. The maximum atomic E-state index is 5.58. The van der Waals surface area contributed by atoms with E-state index in [4.69, 9.17) is 4.74 Å². The average molecular weight is 399 g/mol. The first kappa shape index (κ1) is 23.5. The van der Waals surface area contributed by atoms with Crippen LogP contribution in [-0.4, -0.2) is 26.7 Å². The second-order valence-electron chi connectivity index (χ2n) is 7.87. The second-order valence-corrected chi connectivity index (χ2v) is 7.87. The first-order valence-electron chi connectivity index (χ1n) is 11.7. The molecule has 3 heteroatoms. The Kier molecular flexibility index (Phi) is 10.3. The summed E-state index contributed by atoms with van der Waals surface area (Å²) in [7, 11) is 1.77. The molecule has 2 N–H and O–H groups in total. The number of ether oxygens (including phenoxy) is 1. The summed E-state index contributed by atoms with van der Waals surface area (Å²) >= 11 is 0. The lowest BCUT2D eigenvalue weighted by Gasteiger charge is -2.29. The highest BCUT2D eigenvalue weighted by molar-refractivity contribution is 5.45. The summed E-state index contributed by atoms with van der Waals surface area (Å²) in [5.74, 6) is 1.36. The lowest BCUT2D eigenvalue weighted by molar-refractivity contribution is 0.303. The zero-order chi connectivity index (χ0) is 21.1. The minimum atomic E-state index is 0.396. The van der Waals surface area contributed by atoms with Crippen molar-refractivity contribution in [1.82, 2.24) is 10.6 Å². The third kappa shape index (κ3) is 6.64. The third-order valence-electron chi connectivity index (χ3n) is 6.00. The van der Waals surface area contributed by atoms with Crippen LogP contribution in [0.2, 0.25) is 0 Å². The van der Waals surface area contributed by atoms with Crippen LogP contribution in [-0.2, 0) is 4.74 Å². The van der Waals surface area contributed by atoms with Crippen molar-refractivity contribution in [3.63, 3.8) is 0 Å². The molecule has 0 aromatic heterocycles. The van der Waals surface area contributed by atoms with Crippen LogP contribution < -0.4 is 10.6 Å². The Hall–Kier alpha value is -1.74.